The first-order chi connectivity index (χ1) is 35.5. The van der Waals surface area contributed by atoms with Crippen LogP contribution in [-0.4, -0.2) is 37.2 Å². The van der Waals surface area contributed by atoms with Crippen molar-refractivity contribution in [2.75, 3.05) is 13.2 Å². The Balaban J connectivity index is 4.46. The Hall–Kier alpha value is -3.67. The van der Waals surface area contributed by atoms with Crippen LogP contribution in [-0.2, 0) is 28.6 Å². The lowest BCUT2D eigenvalue weighted by Crippen LogP contribution is -2.30. The van der Waals surface area contributed by atoms with Crippen molar-refractivity contribution in [3.8, 4) is 0 Å². The average molecular weight is 1000 g/mol. The van der Waals surface area contributed by atoms with Gasteiger partial charge < -0.3 is 14.2 Å². The second kappa shape index (κ2) is 59.9. The zero-order chi connectivity index (χ0) is 52.2. The summed E-state index contributed by atoms with van der Waals surface area (Å²) in [6.45, 7) is 6.48. The van der Waals surface area contributed by atoms with E-state index in [2.05, 4.69) is 118 Å². The summed E-state index contributed by atoms with van der Waals surface area (Å²) in [6.07, 6.45) is 79.7. The van der Waals surface area contributed by atoms with Gasteiger partial charge in [0.1, 0.15) is 13.2 Å². The summed E-state index contributed by atoms with van der Waals surface area (Å²) >= 11 is 0. The number of carbonyl (C=O) groups excluding carboxylic acids is 3. The summed E-state index contributed by atoms with van der Waals surface area (Å²) in [5, 5.41) is 0. The molecule has 412 valence electrons. The van der Waals surface area contributed by atoms with Gasteiger partial charge in [-0.2, -0.15) is 0 Å². The van der Waals surface area contributed by atoms with Crippen molar-refractivity contribution in [2.24, 2.45) is 0 Å². The van der Waals surface area contributed by atoms with E-state index in [-0.39, 0.29) is 31.1 Å². The molecule has 0 heterocycles. The first kappa shape index (κ1) is 68.3. The zero-order valence-corrected chi connectivity index (χ0v) is 47.2. The molecule has 6 nitrogen and oxygen atoms in total. The molecule has 0 rings (SSSR count). The molecule has 0 aromatic carbocycles. The third-order valence-electron chi connectivity index (χ3n) is 12.8. The molecule has 0 aromatic rings. The van der Waals surface area contributed by atoms with Crippen molar-refractivity contribution in [1.82, 2.24) is 0 Å². The van der Waals surface area contributed by atoms with E-state index in [9.17, 15) is 14.4 Å². The van der Waals surface area contributed by atoms with Gasteiger partial charge in [-0.25, -0.2) is 0 Å². The molecule has 0 aliphatic rings. The Morgan fingerprint density at radius 1 is 0.292 bits per heavy atom. The minimum absolute atomic E-state index is 0.0941. The van der Waals surface area contributed by atoms with Crippen LogP contribution in [0.15, 0.2) is 97.2 Å². The number of unbranched alkanes of at least 4 members (excludes halogenated alkanes) is 27. The van der Waals surface area contributed by atoms with Gasteiger partial charge in [0.2, 0.25) is 0 Å². The van der Waals surface area contributed by atoms with Crippen LogP contribution in [0.3, 0.4) is 0 Å². The Labute approximate surface area is 445 Å². The van der Waals surface area contributed by atoms with Crippen molar-refractivity contribution in [2.45, 2.75) is 290 Å². The molecule has 0 bridgehead atoms. The van der Waals surface area contributed by atoms with E-state index in [1.807, 2.05) is 0 Å². The third-order valence-corrected chi connectivity index (χ3v) is 12.8. The summed E-state index contributed by atoms with van der Waals surface area (Å²) < 4.78 is 16.9. The van der Waals surface area contributed by atoms with Gasteiger partial charge in [0.25, 0.3) is 0 Å². The molecule has 6 heteroatoms. The molecule has 0 radical (unpaired) electrons. The van der Waals surface area contributed by atoms with Crippen LogP contribution in [0, 0.1) is 0 Å². The molecule has 0 aliphatic heterocycles. The molecule has 0 aliphatic carbocycles. The molecule has 72 heavy (non-hydrogen) atoms. The molecular formula is C66H112O6. The Bertz CT molecular complexity index is 1430. The fraction of sp³-hybridized carbons (Fsp3) is 0.712. The minimum atomic E-state index is -0.799. The highest BCUT2D eigenvalue weighted by Crippen LogP contribution is 2.15. The number of carbonyl (C=O) groups is 3. The van der Waals surface area contributed by atoms with Crippen molar-refractivity contribution >= 4 is 17.9 Å². The van der Waals surface area contributed by atoms with Gasteiger partial charge in [-0.3, -0.25) is 14.4 Å². The lowest BCUT2D eigenvalue weighted by molar-refractivity contribution is -0.167. The van der Waals surface area contributed by atoms with Gasteiger partial charge >= 0.3 is 17.9 Å². The van der Waals surface area contributed by atoms with Gasteiger partial charge in [-0.05, 0) is 122 Å². The van der Waals surface area contributed by atoms with E-state index in [4.69, 9.17) is 14.2 Å². The standard InChI is InChI=1S/C66H112O6/c1-4-7-10-13-16-19-22-25-28-31-33-35-38-41-44-47-50-53-56-59-65(68)71-62-63(61-70-64(67)58-55-52-49-46-43-40-37-30-27-24-21-18-15-12-9-6-3)72-66(69)60-57-54-51-48-45-42-39-36-34-32-29-26-23-20-17-14-11-8-5-2/h7,10,16-17,19-20,25-26,28-30,33,35,37,41,44,63H,4-6,8-9,11-15,18,21-24,27,31-32,34,36,38-40,42-43,45-62H2,1-3H3/b10-7-,19-16-,20-17-,28-25-,29-26-,35-33-,37-30-,44-41-. The molecular weight excluding hydrogens is 889 g/mol. The first-order valence-electron chi connectivity index (χ1n) is 30.2. The summed E-state index contributed by atoms with van der Waals surface area (Å²) in [5.74, 6) is -0.933. The topological polar surface area (TPSA) is 78.9 Å². The van der Waals surface area contributed by atoms with Gasteiger partial charge in [0.15, 0.2) is 6.10 Å². The Kier molecular flexibility index (Phi) is 56.8. The molecule has 0 spiro atoms. The number of hydrogen-bond acceptors (Lipinski definition) is 6. The maximum Gasteiger partial charge on any atom is 0.306 e. The SMILES string of the molecule is CC/C=C\C/C=C\C/C=C\C/C=C\C/C=C\CCCCCC(=O)OCC(COC(=O)CCCCCCC/C=C\CCCCCCCCC)OC(=O)CCCCCCCCCCC/C=C\C/C=C\CCCCC. The Morgan fingerprint density at radius 2 is 0.542 bits per heavy atom. The van der Waals surface area contributed by atoms with Crippen LogP contribution in [0.2, 0.25) is 0 Å². The predicted molar refractivity (Wildman–Crippen MR) is 311 cm³/mol. The smallest absolute Gasteiger partial charge is 0.306 e. The molecule has 1 atom stereocenters. The maximum absolute atomic E-state index is 12.9. The summed E-state index contributed by atoms with van der Waals surface area (Å²) in [7, 11) is 0. The van der Waals surface area contributed by atoms with Gasteiger partial charge in [-0.15, -0.1) is 0 Å². The van der Waals surface area contributed by atoms with Crippen LogP contribution in [0.4, 0.5) is 0 Å². The van der Waals surface area contributed by atoms with E-state index in [0.29, 0.717) is 19.3 Å². The lowest BCUT2D eigenvalue weighted by atomic mass is 10.1. The quantitative estimate of drug-likeness (QED) is 0.0261. The normalized spacial score (nSPS) is 12.8. The molecule has 0 amide bonds. The predicted octanol–water partition coefficient (Wildman–Crippen LogP) is 20.5. The number of hydrogen-bond donors (Lipinski definition) is 0. The molecule has 0 saturated carbocycles. The van der Waals surface area contributed by atoms with Crippen molar-refractivity contribution in [3.05, 3.63) is 97.2 Å². The van der Waals surface area contributed by atoms with Crippen molar-refractivity contribution < 1.29 is 28.6 Å². The zero-order valence-electron chi connectivity index (χ0n) is 47.2. The molecule has 0 N–H and O–H groups in total. The van der Waals surface area contributed by atoms with Gasteiger partial charge in [-0.1, -0.05) is 240 Å². The monoisotopic (exact) mass is 1000 g/mol. The highest BCUT2D eigenvalue weighted by molar-refractivity contribution is 5.71. The summed E-state index contributed by atoms with van der Waals surface area (Å²) in [6, 6.07) is 0. The summed E-state index contributed by atoms with van der Waals surface area (Å²) in [4.78, 5) is 38.3. The van der Waals surface area contributed by atoms with E-state index < -0.39 is 6.10 Å². The largest absolute Gasteiger partial charge is 0.462 e. The van der Waals surface area contributed by atoms with Crippen molar-refractivity contribution in [1.29, 1.82) is 0 Å². The van der Waals surface area contributed by atoms with Crippen molar-refractivity contribution in [3.63, 3.8) is 0 Å². The average Bonchev–Trinajstić information content (AvgIpc) is 3.38. The van der Waals surface area contributed by atoms with Crippen LogP contribution in [0.25, 0.3) is 0 Å². The number of esters is 3. The second-order valence-electron chi connectivity index (χ2n) is 19.9. The third kappa shape index (κ3) is 57.2. The second-order valence-corrected chi connectivity index (χ2v) is 19.9. The minimum Gasteiger partial charge on any atom is -0.462 e. The van der Waals surface area contributed by atoms with Crippen LogP contribution in [0.1, 0.15) is 284 Å². The first-order valence-corrected chi connectivity index (χ1v) is 30.2. The maximum atomic E-state index is 12.9. The molecule has 1 unspecified atom stereocenters. The molecule has 0 fully saturated rings. The fourth-order valence-corrected chi connectivity index (χ4v) is 8.26. The number of ether oxygens (including phenoxy) is 3. The van der Waals surface area contributed by atoms with Crippen LogP contribution >= 0.6 is 0 Å². The number of rotatable bonds is 54. The van der Waals surface area contributed by atoms with E-state index in [1.165, 1.54) is 135 Å². The van der Waals surface area contributed by atoms with Crippen LogP contribution in [0.5, 0.6) is 0 Å². The van der Waals surface area contributed by atoms with E-state index in [0.717, 1.165) is 109 Å². The lowest BCUT2D eigenvalue weighted by Gasteiger charge is -2.18. The summed E-state index contributed by atoms with van der Waals surface area (Å²) in [5.41, 5.74) is 0. The number of allylic oxidation sites excluding steroid dienone is 16. The van der Waals surface area contributed by atoms with Gasteiger partial charge in [0.05, 0.1) is 0 Å². The van der Waals surface area contributed by atoms with E-state index >= 15 is 0 Å². The Morgan fingerprint density at radius 3 is 0.903 bits per heavy atom. The van der Waals surface area contributed by atoms with E-state index in [1.54, 1.807) is 0 Å². The van der Waals surface area contributed by atoms with Crippen LogP contribution < -0.4 is 0 Å². The van der Waals surface area contributed by atoms with Gasteiger partial charge in [0, 0.05) is 19.3 Å². The highest BCUT2D eigenvalue weighted by atomic mass is 16.6. The highest BCUT2D eigenvalue weighted by Gasteiger charge is 2.19. The fourth-order valence-electron chi connectivity index (χ4n) is 8.26. The molecule has 0 saturated heterocycles. The molecule has 0 aromatic heterocycles.